The van der Waals surface area contributed by atoms with Gasteiger partial charge in [-0.2, -0.15) is 0 Å². The lowest BCUT2D eigenvalue weighted by Gasteiger charge is -2.11. The van der Waals surface area contributed by atoms with Crippen molar-refractivity contribution in [3.63, 3.8) is 0 Å². The van der Waals surface area contributed by atoms with Crippen molar-refractivity contribution in [2.24, 2.45) is 15.0 Å². The smallest absolute Gasteiger partial charge is 0.305 e. The third-order valence-corrected chi connectivity index (χ3v) is 10.2. The maximum Gasteiger partial charge on any atom is 0.305 e. The molecule has 0 atom stereocenters. The number of nitrogens with zero attached hydrogens (tertiary/aromatic N) is 3. The first-order valence-electron chi connectivity index (χ1n) is 17.4. The van der Waals surface area contributed by atoms with Gasteiger partial charge in [0.05, 0.1) is 46.7 Å². The number of aromatic amines is 1. The molecule has 5 heterocycles. The second-order valence-electron chi connectivity index (χ2n) is 13.3. The number of hydrogen-bond donors (Lipinski definition) is 2. The second kappa shape index (κ2) is 13.5. The number of aliphatic imine (C=N–C) groups is 3. The summed E-state index contributed by atoms with van der Waals surface area (Å²) in [6, 6.07) is 0. The van der Waals surface area contributed by atoms with Gasteiger partial charge in [0, 0.05) is 47.1 Å². The first-order chi connectivity index (χ1) is 23.1. The lowest BCUT2D eigenvalue weighted by molar-refractivity contribution is -0.140. The molecule has 6 rings (SSSR count). The second-order valence-corrected chi connectivity index (χ2v) is 13.3. The van der Waals surface area contributed by atoms with E-state index in [0.29, 0.717) is 18.4 Å². The van der Waals surface area contributed by atoms with Crippen molar-refractivity contribution < 1.29 is 14.3 Å². The number of nitrogens with one attached hydrogen (secondary N) is 2. The average molecular weight is 646 g/mol. The van der Waals surface area contributed by atoms with Gasteiger partial charge in [-0.25, -0.2) is 15.0 Å². The summed E-state index contributed by atoms with van der Waals surface area (Å²) in [5.74, 6) is -0.258. The molecule has 48 heavy (non-hydrogen) atoms. The number of hydrogen-bond acceptors (Lipinski definition) is 7. The van der Waals surface area contributed by atoms with Crippen LogP contribution in [0.25, 0.3) is 12.2 Å². The predicted octanol–water partition coefficient (Wildman–Crippen LogP) is 6.70. The normalized spacial score (nSPS) is 18.3. The molecule has 8 bridgehead atoms. The van der Waals surface area contributed by atoms with E-state index >= 15 is 0 Å². The van der Waals surface area contributed by atoms with Crippen molar-refractivity contribution >= 4 is 41.0 Å². The Balaban J connectivity index is 1.61. The molecular weight excluding hydrogens is 598 g/mol. The zero-order chi connectivity index (χ0) is 34.3. The molecule has 8 heteroatoms. The number of Topliss-reactive ketones (excluding diaryl/α,β-unsaturated/α-hetero) is 1. The number of rotatable bonds is 11. The third-order valence-electron chi connectivity index (χ3n) is 10.2. The molecule has 2 N–H and O–H groups in total. The lowest BCUT2D eigenvalue weighted by atomic mass is 9.96. The molecule has 0 saturated heterocycles. The van der Waals surface area contributed by atoms with E-state index in [1.54, 1.807) is 6.92 Å². The summed E-state index contributed by atoms with van der Waals surface area (Å²) in [4.78, 5) is 44.6. The number of methoxy groups -OCH3 is 1. The van der Waals surface area contributed by atoms with Crippen LogP contribution in [0.15, 0.2) is 82.9 Å². The van der Waals surface area contributed by atoms with E-state index in [0.717, 1.165) is 103 Å². The van der Waals surface area contributed by atoms with Gasteiger partial charge in [-0.1, -0.05) is 33.1 Å². The van der Waals surface area contributed by atoms with Crippen molar-refractivity contribution in [1.29, 1.82) is 0 Å². The fraction of sp³-hybridized carbons (Fsp3) is 0.425. The molecule has 0 aromatic carbocycles. The summed E-state index contributed by atoms with van der Waals surface area (Å²) in [6.45, 7) is 15.2. The van der Waals surface area contributed by atoms with E-state index < -0.39 is 0 Å². The van der Waals surface area contributed by atoms with Gasteiger partial charge < -0.3 is 15.0 Å². The summed E-state index contributed by atoms with van der Waals surface area (Å²) in [7, 11) is 1.43. The van der Waals surface area contributed by atoms with Gasteiger partial charge in [0.1, 0.15) is 0 Å². The summed E-state index contributed by atoms with van der Waals surface area (Å²) < 4.78 is 5.03. The van der Waals surface area contributed by atoms with Crippen LogP contribution in [0, 0.1) is 6.92 Å². The van der Waals surface area contributed by atoms with E-state index in [-0.39, 0.29) is 18.2 Å². The molecule has 4 aliphatic heterocycles. The Labute approximate surface area is 283 Å². The monoisotopic (exact) mass is 645 g/mol. The Morgan fingerprint density at radius 1 is 0.896 bits per heavy atom. The van der Waals surface area contributed by atoms with Gasteiger partial charge in [-0.3, -0.25) is 9.59 Å². The molecule has 0 radical (unpaired) electrons. The van der Waals surface area contributed by atoms with Crippen LogP contribution in [0.1, 0.15) is 109 Å². The van der Waals surface area contributed by atoms with E-state index in [2.05, 4.69) is 51.0 Å². The van der Waals surface area contributed by atoms with Crippen LogP contribution in [0.3, 0.4) is 0 Å². The minimum absolute atomic E-state index is 0.00551. The number of ketones is 1. The van der Waals surface area contributed by atoms with Crippen LogP contribution in [-0.4, -0.2) is 47.5 Å². The van der Waals surface area contributed by atoms with Crippen LogP contribution in [0.5, 0.6) is 0 Å². The van der Waals surface area contributed by atoms with Gasteiger partial charge in [-0.15, -0.1) is 0 Å². The maximum absolute atomic E-state index is 13.0. The first kappa shape index (κ1) is 33.3. The molecular formula is C40H47N5O3. The van der Waals surface area contributed by atoms with E-state index in [4.69, 9.17) is 19.7 Å². The lowest BCUT2D eigenvalue weighted by Crippen LogP contribution is -2.17. The van der Waals surface area contributed by atoms with Crippen LogP contribution >= 0.6 is 0 Å². The van der Waals surface area contributed by atoms with Crippen molar-refractivity contribution in [2.75, 3.05) is 13.7 Å². The largest absolute Gasteiger partial charge is 0.469 e. The Morgan fingerprint density at radius 3 is 2.33 bits per heavy atom. The number of unbranched alkanes of at least 4 members (excludes halogenated alkanes) is 3. The topological polar surface area (TPSA) is 108 Å². The molecule has 0 saturated carbocycles. The average Bonchev–Trinajstić information content (AvgIpc) is 3.82. The summed E-state index contributed by atoms with van der Waals surface area (Å²) in [5, 5.41) is 5.37. The Kier molecular flexibility index (Phi) is 9.37. The zero-order valence-electron chi connectivity index (χ0n) is 29.7. The van der Waals surface area contributed by atoms with Crippen LogP contribution in [0.2, 0.25) is 0 Å². The molecule has 0 amide bonds. The maximum atomic E-state index is 13.0. The fourth-order valence-corrected chi connectivity index (χ4v) is 7.49. The van der Waals surface area contributed by atoms with Crippen LogP contribution in [0.4, 0.5) is 0 Å². The van der Waals surface area contributed by atoms with Gasteiger partial charge in [-0.05, 0) is 106 Å². The van der Waals surface area contributed by atoms with Gasteiger partial charge >= 0.3 is 5.97 Å². The number of ether oxygens (including phenoxy) is 1. The molecule has 250 valence electrons. The first-order valence-corrected chi connectivity index (χ1v) is 17.4. The van der Waals surface area contributed by atoms with Crippen molar-refractivity contribution in [3.05, 3.63) is 89.7 Å². The SMILES string of the molecule is CCCCCCNC1=C2C3=NC(=C2C)C=C2N=C(C=c4[nH]c(c(C)c4C(C)=O)=CC4=NC(=C3C1)C(CCC(=O)OC)=C4C)C(C)=C2CC. The van der Waals surface area contributed by atoms with Gasteiger partial charge in [0.25, 0.3) is 0 Å². The molecule has 5 aliphatic rings. The number of carbonyl (C=O) groups excluding carboxylic acids is 2. The standard InChI is InChI=1S/C40H47N5O3/c1-9-11-12-13-16-41-34-17-28-39-27(14-15-36(47)48-8)22(4)30(44-39)18-31-23(5)37(25(7)46)35(43-31)20-29-21(3)26(10-2)33(42-29)19-32-24(6)38(34)40(28)45-32/h18-20,41,43H,9-17H2,1-8H3. The molecule has 0 fully saturated rings. The number of allylic oxidation sites excluding steroid dienone is 8. The summed E-state index contributed by atoms with van der Waals surface area (Å²) in [5.41, 5.74) is 15.7. The molecule has 1 aromatic rings. The Bertz CT molecular complexity index is 2050. The summed E-state index contributed by atoms with van der Waals surface area (Å²) >= 11 is 0. The molecule has 0 spiro atoms. The van der Waals surface area contributed by atoms with Crippen LogP contribution in [-0.2, 0) is 9.53 Å². The highest BCUT2D eigenvalue weighted by Crippen LogP contribution is 2.44. The third kappa shape index (κ3) is 5.86. The minimum atomic E-state index is -0.252. The number of aromatic nitrogens is 1. The highest BCUT2D eigenvalue weighted by molar-refractivity contribution is 6.26. The van der Waals surface area contributed by atoms with Crippen molar-refractivity contribution in [2.45, 2.75) is 99.8 Å². The van der Waals surface area contributed by atoms with Gasteiger partial charge in [0.2, 0.25) is 0 Å². The minimum Gasteiger partial charge on any atom is -0.469 e. The molecule has 1 aliphatic carbocycles. The fourth-order valence-electron chi connectivity index (χ4n) is 7.49. The molecule has 1 aromatic heterocycles. The van der Waals surface area contributed by atoms with Crippen molar-refractivity contribution in [3.8, 4) is 0 Å². The van der Waals surface area contributed by atoms with E-state index in [9.17, 15) is 9.59 Å². The number of H-pyrrole nitrogens is 1. The zero-order valence-corrected chi connectivity index (χ0v) is 29.7. The Hall–Kier alpha value is -4.59. The quantitative estimate of drug-likeness (QED) is 0.159. The van der Waals surface area contributed by atoms with Crippen LogP contribution < -0.4 is 16.0 Å². The van der Waals surface area contributed by atoms with E-state index in [1.165, 1.54) is 37.6 Å². The van der Waals surface area contributed by atoms with E-state index in [1.807, 2.05) is 19.1 Å². The number of fused-ring (bicyclic) bond motifs is 5. The number of carbonyl (C=O) groups is 2. The molecule has 8 nitrogen and oxygen atoms in total. The number of esters is 1. The van der Waals surface area contributed by atoms with Crippen molar-refractivity contribution in [1.82, 2.24) is 10.3 Å². The Morgan fingerprint density at radius 2 is 1.62 bits per heavy atom. The molecule has 0 unspecified atom stereocenters. The highest BCUT2D eigenvalue weighted by Gasteiger charge is 2.37. The highest BCUT2D eigenvalue weighted by atomic mass is 16.5. The summed E-state index contributed by atoms with van der Waals surface area (Å²) in [6.07, 6.45) is 13.2. The predicted molar refractivity (Wildman–Crippen MR) is 195 cm³/mol. The van der Waals surface area contributed by atoms with Gasteiger partial charge in [0.15, 0.2) is 5.78 Å².